The molecule has 0 fully saturated rings. The van der Waals surface area contributed by atoms with Crippen molar-refractivity contribution in [3.8, 4) is 28.8 Å². The molecule has 0 aliphatic carbocycles. The highest BCUT2D eigenvalue weighted by Crippen LogP contribution is 2.31. The number of amides is 1. The van der Waals surface area contributed by atoms with Crippen molar-refractivity contribution < 1.29 is 14.3 Å². The van der Waals surface area contributed by atoms with Gasteiger partial charge in [-0.05, 0) is 24.3 Å². The molecule has 2 aromatic carbocycles. The second-order valence-corrected chi connectivity index (χ2v) is 6.44. The molecule has 3 aromatic rings. The van der Waals surface area contributed by atoms with Crippen LogP contribution in [-0.4, -0.2) is 23.6 Å². The minimum absolute atomic E-state index is 0.150. The van der Waals surface area contributed by atoms with Crippen LogP contribution in [0.4, 0.5) is 5.13 Å². The largest absolute Gasteiger partial charge is 0.485 e. The lowest BCUT2D eigenvalue weighted by Gasteiger charge is -2.25. The summed E-state index contributed by atoms with van der Waals surface area (Å²) in [6.07, 6.45) is -0.729. The van der Waals surface area contributed by atoms with E-state index in [-0.39, 0.29) is 12.5 Å². The van der Waals surface area contributed by atoms with Gasteiger partial charge in [0.25, 0.3) is 5.91 Å². The van der Waals surface area contributed by atoms with Crippen LogP contribution in [0.1, 0.15) is 5.56 Å². The summed E-state index contributed by atoms with van der Waals surface area (Å²) in [6.45, 7) is 0.150. The third kappa shape index (κ3) is 3.23. The topological polar surface area (TPSA) is 84.2 Å². The fourth-order valence-corrected chi connectivity index (χ4v) is 3.24. The van der Waals surface area contributed by atoms with Gasteiger partial charge in [0.1, 0.15) is 6.61 Å². The normalized spacial score (nSPS) is 15.1. The number of para-hydroxylation sites is 2. The first kappa shape index (κ1) is 16.1. The van der Waals surface area contributed by atoms with Crippen LogP contribution in [0.15, 0.2) is 53.9 Å². The molecule has 1 unspecified atom stereocenters. The maximum Gasteiger partial charge on any atom is 0.270 e. The van der Waals surface area contributed by atoms with Crippen LogP contribution in [0, 0.1) is 11.3 Å². The van der Waals surface area contributed by atoms with E-state index in [0.717, 1.165) is 11.3 Å². The SMILES string of the molecule is N#Cc1ccc(-c2csc(NC(=O)C3COc4ccccc4O3)n2)cc1. The zero-order valence-corrected chi connectivity index (χ0v) is 14.3. The zero-order valence-electron chi connectivity index (χ0n) is 13.5. The second-order valence-electron chi connectivity index (χ2n) is 5.58. The molecule has 0 radical (unpaired) electrons. The van der Waals surface area contributed by atoms with E-state index in [1.807, 2.05) is 29.6 Å². The number of ether oxygens (including phenoxy) is 2. The summed E-state index contributed by atoms with van der Waals surface area (Å²) >= 11 is 1.33. The van der Waals surface area contributed by atoms with E-state index in [4.69, 9.17) is 14.7 Å². The Morgan fingerprint density at radius 3 is 2.73 bits per heavy atom. The Morgan fingerprint density at radius 1 is 1.19 bits per heavy atom. The van der Waals surface area contributed by atoms with Crippen molar-refractivity contribution in [2.75, 3.05) is 11.9 Å². The van der Waals surface area contributed by atoms with E-state index in [9.17, 15) is 4.79 Å². The molecule has 0 saturated heterocycles. The first-order chi connectivity index (χ1) is 12.7. The van der Waals surface area contributed by atoms with E-state index < -0.39 is 6.10 Å². The van der Waals surface area contributed by atoms with Gasteiger partial charge in [-0.3, -0.25) is 10.1 Å². The molecule has 1 aliphatic heterocycles. The Kier molecular flexibility index (Phi) is 4.25. The van der Waals surface area contributed by atoms with E-state index in [1.165, 1.54) is 11.3 Å². The minimum atomic E-state index is -0.729. The fourth-order valence-electron chi connectivity index (χ4n) is 2.51. The summed E-state index contributed by atoms with van der Waals surface area (Å²) in [5, 5.41) is 14.0. The molecule has 128 valence electrons. The van der Waals surface area contributed by atoms with Gasteiger partial charge in [0.05, 0.1) is 17.3 Å². The Balaban J connectivity index is 1.44. The van der Waals surface area contributed by atoms with Crippen molar-refractivity contribution in [3.63, 3.8) is 0 Å². The lowest BCUT2D eigenvalue weighted by molar-refractivity contribution is -0.125. The van der Waals surface area contributed by atoms with E-state index >= 15 is 0 Å². The number of carbonyl (C=O) groups excluding carboxylic acids is 1. The monoisotopic (exact) mass is 363 g/mol. The van der Waals surface area contributed by atoms with E-state index in [1.54, 1.807) is 24.3 Å². The number of carbonyl (C=O) groups is 1. The molecular formula is C19H13N3O3S. The first-order valence-electron chi connectivity index (χ1n) is 7.88. The van der Waals surface area contributed by atoms with E-state index in [0.29, 0.717) is 22.2 Å². The smallest absolute Gasteiger partial charge is 0.270 e. The third-order valence-corrected chi connectivity index (χ3v) is 4.60. The third-order valence-electron chi connectivity index (χ3n) is 3.85. The van der Waals surface area contributed by atoms with Gasteiger partial charge in [-0.15, -0.1) is 11.3 Å². The molecule has 6 nitrogen and oxygen atoms in total. The lowest BCUT2D eigenvalue weighted by Crippen LogP contribution is -2.40. The summed E-state index contributed by atoms with van der Waals surface area (Å²) in [5.41, 5.74) is 2.21. The van der Waals surface area contributed by atoms with Gasteiger partial charge in [0.2, 0.25) is 6.10 Å². The molecule has 0 saturated carbocycles. The van der Waals surface area contributed by atoms with Crippen LogP contribution >= 0.6 is 11.3 Å². The van der Waals surface area contributed by atoms with Gasteiger partial charge in [0.15, 0.2) is 16.6 Å². The number of hydrogen-bond donors (Lipinski definition) is 1. The number of anilines is 1. The molecule has 2 heterocycles. The van der Waals surface area contributed by atoms with Crippen molar-refractivity contribution in [3.05, 3.63) is 59.5 Å². The Labute approximate surface area is 153 Å². The quantitative estimate of drug-likeness (QED) is 0.770. The highest BCUT2D eigenvalue weighted by molar-refractivity contribution is 7.14. The van der Waals surface area contributed by atoms with Crippen LogP contribution in [0.3, 0.4) is 0 Å². The fraction of sp³-hybridized carbons (Fsp3) is 0.105. The second kappa shape index (κ2) is 6.86. The number of fused-ring (bicyclic) bond motifs is 1. The molecule has 1 aromatic heterocycles. The summed E-state index contributed by atoms with van der Waals surface area (Å²) in [5.74, 6) is 0.880. The Hall–Kier alpha value is -3.37. The number of rotatable bonds is 3. The molecule has 0 spiro atoms. The average molecular weight is 363 g/mol. The number of nitrogens with zero attached hydrogens (tertiary/aromatic N) is 2. The van der Waals surface area contributed by atoms with Gasteiger partial charge in [-0.25, -0.2) is 4.98 Å². The highest BCUT2D eigenvalue weighted by atomic mass is 32.1. The van der Waals surface area contributed by atoms with Crippen molar-refractivity contribution in [2.45, 2.75) is 6.10 Å². The van der Waals surface area contributed by atoms with Gasteiger partial charge < -0.3 is 9.47 Å². The zero-order chi connectivity index (χ0) is 17.9. The van der Waals surface area contributed by atoms with Crippen LogP contribution in [0.2, 0.25) is 0 Å². The first-order valence-corrected chi connectivity index (χ1v) is 8.76. The Bertz CT molecular complexity index is 992. The lowest BCUT2D eigenvalue weighted by atomic mass is 10.1. The number of aromatic nitrogens is 1. The molecule has 0 bridgehead atoms. The number of thiazole rings is 1. The average Bonchev–Trinajstić information content (AvgIpc) is 3.16. The van der Waals surface area contributed by atoms with Crippen LogP contribution in [0.5, 0.6) is 11.5 Å². The van der Waals surface area contributed by atoms with Crippen molar-refractivity contribution >= 4 is 22.4 Å². The van der Waals surface area contributed by atoms with Gasteiger partial charge in [0, 0.05) is 10.9 Å². The van der Waals surface area contributed by atoms with Gasteiger partial charge in [-0.1, -0.05) is 24.3 Å². The van der Waals surface area contributed by atoms with E-state index in [2.05, 4.69) is 16.4 Å². The molecule has 1 amide bonds. The van der Waals surface area contributed by atoms with Crippen LogP contribution in [0.25, 0.3) is 11.3 Å². The molecule has 7 heteroatoms. The predicted octanol–water partition coefficient (Wildman–Crippen LogP) is 3.46. The number of hydrogen-bond acceptors (Lipinski definition) is 6. The Morgan fingerprint density at radius 2 is 1.96 bits per heavy atom. The molecular weight excluding hydrogens is 350 g/mol. The van der Waals surface area contributed by atoms with Crippen molar-refractivity contribution in [1.29, 1.82) is 5.26 Å². The molecule has 1 N–H and O–H groups in total. The van der Waals surface area contributed by atoms with Crippen molar-refractivity contribution in [2.24, 2.45) is 0 Å². The van der Waals surface area contributed by atoms with Crippen LogP contribution < -0.4 is 14.8 Å². The maximum atomic E-state index is 12.4. The maximum absolute atomic E-state index is 12.4. The number of benzene rings is 2. The molecule has 26 heavy (non-hydrogen) atoms. The minimum Gasteiger partial charge on any atom is -0.485 e. The summed E-state index contributed by atoms with van der Waals surface area (Å²) in [4.78, 5) is 16.8. The van der Waals surface area contributed by atoms with Crippen molar-refractivity contribution in [1.82, 2.24) is 4.98 Å². The highest BCUT2D eigenvalue weighted by Gasteiger charge is 2.27. The summed E-state index contributed by atoms with van der Waals surface area (Å²) in [7, 11) is 0. The number of nitrogens with one attached hydrogen (secondary N) is 1. The number of nitriles is 1. The van der Waals surface area contributed by atoms with Crippen LogP contribution in [-0.2, 0) is 4.79 Å². The standard InChI is InChI=1S/C19H13N3O3S/c20-9-12-5-7-13(8-6-12)14-11-26-19(21-14)22-18(23)17-10-24-15-3-1-2-4-16(15)25-17/h1-8,11,17H,10H2,(H,21,22,23). The molecule has 4 rings (SSSR count). The van der Waals surface area contributed by atoms with Gasteiger partial charge in [-0.2, -0.15) is 5.26 Å². The summed E-state index contributed by atoms with van der Waals surface area (Å²) < 4.78 is 11.3. The summed E-state index contributed by atoms with van der Waals surface area (Å²) in [6, 6.07) is 16.4. The molecule has 1 atom stereocenters. The van der Waals surface area contributed by atoms with Gasteiger partial charge >= 0.3 is 0 Å². The predicted molar refractivity (Wildman–Crippen MR) is 97.2 cm³/mol. The molecule has 1 aliphatic rings.